The lowest BCUT2D eigenvalue weighted by Gasteiger charge is -2.01. The third-order valence-corrected chi connectivity index (χ3v) is 2.09. The summed E-state index contributed by atoms with van der Waals surface area (Å²) in [7, 11) is 0. The summed E-state index contributed by atoms with van der Waals surface area (Å²) in [6.07, 6.45) is 0. The Labute approximate surface area is 84.8 Å². The van der Waals surface area contributed by atoms with Gasteiger partial charge in [0.15, 0.2) is 0 Å². The lowest BCUT2D eigenvalue weighted by atomic mass is 10.1. The molecule has 4 N–H and O–H groups in total. The van der Waals surface area contributed by atoms with E-state index in [4.69, 9.17) is 17.3 Å². The number of aromatic nitrogens is 2. The molecule has 5 heteroatoms. The number of hydrogen-bond donors (Lipinski definition) is 4. The summed E-state index contributed by atoms with van der Waals surface area (Å²) < 4.78 is 0.562. The van der Waals surface area contributed by atoms with Crippen molar-refractivity contribution in [1.82, 2.24) is 10.2 Å². The molecule has 0 aliphatic heterocycles. The van der Waals surface area contributed by atoms with Crippen molar-refractivity contribution in [2.75, 3.05) is 0 Å². The lowest BCUT2D eigenvalue weighted by Crippen LogP contribution is -1.78. The topological polar surface area (TPSA) is 72.0 Å². The molecule has 1 aromatic heterocycles. The van der Waals surface area contributed by atoms with Crippen LogP contribution in [0.4, 0.5) is 0 Å². The van der Waals surface area contributed by atoms with Gasteiger partial charge in [0.05, 0.1) is 5.69 Å². The molecule has 1 heterocycles. The van der Waals surface area contributed by atoms with Crippen molar-refractivity contribution >= 4 is 12.2 Å². The van der Waals surface area contributed by atoms with E-state index in [0.29, 0.717) is 15.9 Å². The highest BCUT2D eigenvalue weighted by Crippen LogP contribution is 2.30. The number of phenols is 2. The average Bonchev–Trinajstić information content (AvgIpc) is 2.51. The minimum atomic E-state index is 0.00949. The summed E-state index contributed by atoms with van der Waals surface area (Å²) in [5.41, 5.74) is 1.28. The number of H-pyrrole nitrogens is 2. The number of nitrogens with one attached hydrogen (secondary N) is 2. The van der Waals surface area contributed by atoms with E-state index in [1.54, 1.807) is 12.1 Å². The predicted octanol–water partition coefficient (Wildman–Crippen LogP) is 2.15. The number of aromatic hydroxyl groups is 2. The molecule has 1 aromatic carbocycles. The molecule has 72 valence electrons. The van der Waals surface area contributed by atoms with Crippen molar-refractivity contribution < 1.29 is 10.2 Å². The van der Waals surface area contributed by atoms with Crippen molar-refractivity contribution in [3.63, 3.8) is 0 Å². The largest absolute Gasteiger partial charge is 0.508 e. The Balaban J connectivity index is 2.57. The maximum atomic E-state index is 9.53. The van der Waals surface area contributed by atoms with Gasteiger partial charge in [-0.25, -0.2) is 0 Å². The third-order valence-electron chi connectivity index (χ3n) is 1.87. The summed E-state index contributed by atoms with van der Waals surface area (Å²) in [4.78, 5) is 0. The Morgan fingerprint density at radius 1 is 1.07 bits per heavy atom. The smallest absolute Gasteiger partial charge is 0.128 e. The highest BCUT2D eigenvalue weighted by molar-refractivity contribution is 7.71. The average molecular weight is 208 g/mol. The lowest BCUT2D eigenvalue weighted by molar-refractivity contribution is 0.452. The predicted molar refractivity (Wildman–Crippen MR) is 54.7 cm³/mol. The third kappa shape index (κ3) is 1.49. The van der Waals surface area contributed by atoms with Crippen molar-refractivity contribution in [1.29, 1.82) is 0 Å². The van der Waals surface area contributed by atoms with E-state index in [1.165, 1.54) is 12.1 Å². The van der Waals surface area contributed by atoms with Gasteiger partial charge in [0.1, 0.15) is 16.1 Å². The number of benzene rings is 1. The zero-order valence-corrected chi connectivity index (χ0v) is 7.93. The summed E-state index contributed by atoms with van der Waals surface area (Å²) in [6, 6.07) is 6.08. The fraction of sp³-hybridized carbons (Fsp3) is 0. The van der Waals surface area contributed by atoms with Gasteiger partial charge < -0.3 is 10.2 Å². The molecule has 0 unspecified atom stereocenters. The quantitative estimate of drug-likeness (QED) is 0.542. The van der Waals surface area contributed by atoms with Gasteiger partial charge in [0.25, 0.3) is 0 Å². The van der Waals surface area contributed by atoms with E-state index in [1.807, 2.05) is 0 Å². The Morgan fingerprint density at radius 2 is 1.86 bits per heavy atom. The molecule has 0 spiro atoms. The van der Waals surface area contributed by atoms with Crippen molar-refractivity contribution in [2.45, 2.75) is 0 Å². The molecule has 14 heavy (non-hydrogen) atoms. The van der Waals surface area contributed by atoms with E-state index in [-0.39, 0.29) is 11.5 Å². The Kier molecular flexibility index (Phi) is 2.01. The standard InChI is InChI=1S/C9H8N2O2S/c12-5-1-2-6(8(13)3-5)7-4-9(14)11-10-7/h1-4,12-13H,(H2,10,11,14). The molecule has 0 radical (unpaired) electrons. The zero-order valence-electron chi connectivity index (χ0n) is 7.11. The molecular weight excluding hydrogens is 200 g/mol. The van der Waals surface area contributed by atoms with Crippen molar-refractivity contribution in [3.8, 4) is 22.8 Å². The number of hydrogen-bond acceptors (Lipinski definition) is 3. The molecule has 0 saturated carbocycles. The Bertz CT molecular complexity index is 516. The van der Waals surface area contributed by atoms with E-state index < -0.39 is 0 Å². The van der Waals surface area contributed by atoms with Gasteiger partial charge in [0, 0.05) is 11.6 Å². The van der Waals surface area contributed by atoms with Crippen LogP contribution < -0.4 is 0 Å². The summed E-state index contributed by atoms with van der Waals surface area (Å²) in [6.45, 7) is 0. The highest BCUT2D eigenvalue weighted by Gasteiger charge is 2.05. The van der Waals surface area contributed by atoms with Crippen LogP contribution in [-0.2, 0) is 0 Å². The van der Waals surface area contributed by atoms with Crippen LogP contribution in [0.25, 0.3) is 11.3 Å². The normalized spacial score (nSPS) is 10.3. The van der Waals surface area contributed by atoms with Crippen molar-refractivity contribution in [3.05, 3.63) is 28.9 Å². The molecule has 0 saturated heterocycles. The number of aromatic amines is 2. The van der Waals surface area contributed by atoms with Crippen LogP contribution in [0.3, 0.4) is 0 Å². The first-order valence-electron chi connectivity index (χ1n) is 3.97. The van der Waals surface area contributed by atoms with E-state index in [9.17, 15) is 5.11 Å². The van der Waals surface area contributed by atoms with Crippen LogP contribution in [0.5, 0.6) is 11.5 Å². The molecule has 4 nitrogen and oxygen atoms in total. The first kappa shape index (κ1) is 8.83. The van der Waals surface area contributed by atoms with Gasteiger partial charge >= 0.3 is 0 Å². The molecular formula is C9H8N2O2S. The van der Waals surface area contributed by atoms with Gasteiger partial charge in [-0.05, 0) is 18.2 Å². The van der Waals surface area contributed by atoms with Crippen LogP contribution in [0.2, 0.25) is 0 Å². The van der Waals surface area contributed by atoms with Crippen LogP contribution in [0.1, 0.15) is 0 Å². The summed E-state index contributed by atoms with van der Waals surface area (Å²) in [5.74, 6) is 0.0376. The van der Waals surface area contributed by atoms with Gasteiger partial charge in [-0.1, -0.05) is 12.2 Å². The van der Waals surface area contributed by atoms with Gasteiger partial charge in [-0.2, -0.15) is 0 Å². The van der Waals surface area contributed by atoms with Crippen LogP contribution >= 0.6 is 12.2 Å². The summed E-state index contributed by atoms with van der Waals surface area (Å²) >= 11 is 4.88. The minimum Gasteiger partial charge on any atom is -0.508 e. The van der Waals surface area contributed by atoms with Crippen molar-refractivity contribution in [2.24, 2.45) is 0 Å². The van der Waals surface area contributed by atoms with E-state index in [2.05, 4.69) is 10.2 Å². The number of phenolic OH excluding ortho intramolecular Hbond substituents is 2. The Morgan fingerprint density at radius 3 is 2.43 bits per heavy atom. The molecule has 0 aliphatic rings. The fourth-order valence-electron chi connectivity index (χ4n) is 1.23. The van der Waals surface area contributed by atoms with Crippen LogP contribution in [-0.4, -0.2) is 20.4 Å². The molecule has 0 atom stereocenters. The molecule has 0 amide bonds. The monoisotopic (exact) mass is 208 g/mol. The fourth-order valence-corrected chi connectivity index (χ4v) is 1.39. The first-order valence-corrected chi connectivity index (χ1v) is 4.37. The zero-order chi connectivity index (χ0) is 10.1. The highest BCUT2D eigenvalue weighted by atomic mass is 32.1. The molecule has 0 fully saturated rings. The Hall–Kier alpha value is -1.75. The first-order chi connectivity index (χ1) is 6.66. The molecule has 0 bridgehead atoms. The summed E-state index contributed by atoms with van der Waals surface area (Å²) in [5, 5.41) is 24.2. The molecule has 2 aromatic rings. The minimum absolute atomic E-state index is 0.00949. The van der Waals surface area contributed by atoms with E-state index in [0.717, 1.165) is 0 Å². The SMILES string of the molecule is Oc1ccc(-c2cc(=S)[nH][nH]2)c(O)c1. The number of rotatable bonds is 1. The van der Waals surface area contributed by atoms with Gasteiger partial charge in [0.2, 0.25) is 0 Å². The molecule has 2 rings (SSSR count). The second kappa shape index (κ2) is 3.19. The van der Waals surface area contributed by atoms with Gasteiger partial charge in [-0.3, -0.25) is 10.2 Å². The van der Waals surface area contributed by atoms with Crippen LogP contribution in [0, 0.1) is 4.64 Å². The molecule has 0 aliphatic carbocycles. The second-order valence-electron chi connectivity index (χ2n) is 2.87. The van der Waals surface area contributed by atoms with E-state index >= 15 is 0 Å². The maximum absolute atomic E-state index is 9.53. The van der Waals surface area contributed by atoms with Crippen LogP contribution in [0.15, 0.2) is 24.3 Å². The van der Waals surface area contributed by atoms with Gasteiger partial charge in [-0.15, -0.1) is 0 Å². The second-order valence-corrected chi connectivity index (χ2v) is 3.31. The maximum Gasteiger partial charge on any atom is 0.128 e.